The number of para-hydroxylation sites is 1. The summed E-state index contributed by atoms with van der Waals surface area (Å²) in [6.45, 7) is 1.94. The molecule has 4 aromatic carbocycles. The summed E-state index contributed by atoms with van der Waals surface area (Å²) in [5, 5.41) is 7.00. The van der Waals surface area contributed by atoms with Gasteiger partial charge in [0.05, 0.1) is 18.5 Å². The normalized spacial score (nSPS) is 16.4. The molecule has 0 fully saturated rings. The van der Waals surface area contributed by atoms with Gasteiger partial charge in [0.25, 0.3) is 5.91 Å². The predicted octanol–water partition coefficient (Wildman–Crippen LogP) is 7.50. The SMILES string of the molecule is COc1cc2c(-c3ccccc3)c(-c3ccccc3)oc2cc1C1=NC2=NN(c3ccccc3)C(=O)[C@@H]2C(C)=C1. The molecule has 0 N–H and O–H groups in total. The lowest BCUT2D eigenvalue weighted by Gasteiger charge is -2.18. The number of carbonyl (C=O) groups excluding carboxylic acids is 1. The number of furan rings is 1. The molecule has 3 heterocycles. The van der Waals surface area contributed by atoms with Crippen molar-refractivity contribution in [2.24, 2.45) is 16.0 Å². The number of allylic oxidation sites excluding steroid dienone is 1. The Bertz CT molecular complexity index is 1850. The van der Waals surface area contributed by atoms with Crippen LogP contribution >= 0.6 is 0 Å². The Morgan fingerprint density at radius 2 is 1.50 bits per heavy atom. The van der Waals surface area contributed by atoms with Crippen molar-refractivity contribution in [1.29, 1.82) is 0 Å². The van der Waals surface area contributed by atoms with Crippen molar-refractivity contribution < 1.29 is 13.9 Å². The minimum Gasteiger partial charge on any atom is -0.496 e. The first-order chi connectivity index (χ1) is 19.6. The second kappa shape index (κ2) is 9.50. The van der Waals surface area contributed by atoms with Gasteiger partial charge in [-0.3, -0.25) is 4.79 Å². The summed E-state index contributed by atoms with van der Waals surface area (Å²) in [5.41, 5.74) is 6.82. The fraction of sp³-hybridized carbons (Fsp3) is 0.0882. The number of carbonyl (C=O) groups is 1. The number of nitrogens with zero attached hydrogens (tertiary/aromatic N) is 3. The molecule has 7 rings (SSSR count). The van der Waals surface area contributed by atoms with E-state index in [2.05, 4.69) is 17.2 Å². The van der Waals surface area contributed by atoms with Gasteiger partial charge in [0, 0.05) is 22.1 Å². The summed E-state index contributed by atoms with van der Waals surface area (Å²) < 4.78 is 12.5. The van der Waals surface area contributed by atoms with Crippen LogP contribution in [0.3, 0.4) is 0 Å². The van der Waals surface area contributed by atoms with Gasteiger partial charge in [-0.1, -0.05) is 84.4 Å². The Morgan fingerprint density at radius 1 is 0.850 bits per heavy atom. The smallest absolute Gasteiger partial charge is 0.262 e. The minimum atomic E-state index is -0.503. The van der Waals surface area contributed by atoms with Crippen LogP contribution in [0, 0.1) is 5.92 Å². The zero-order valence-electron chi connectivity index (χ0n) is 22.0. The van der Waals surface area contributed by atoms with E-state index in [9.17, 15) is 4.79 Å². The first-order valence-electron chi connectivity index (χ1n) is 13.1. The third-order valence-corrected chi connectivity index (χ3v) is 7.36. The molecule has 194 valence electrons. The van der Waals surface area contributed by atoms with Crippen LogP contribution in [0.5, 0.6) is 5.75 Å². The van der Waals surface area contributed by atoms with E-state index in [1.807, 2.05) is 104 Å². The van der Waals surface area contributed by atoms with E-state index in [0.717, 1.165) is 50.2 Å². The fourth-order valence-electron chi connectivity index (χ4n) is 5.45. The van der Waals surface area contributed by atoms with Crippen molar-refractivity contribution in [1.82, 2.24) is 0 Å². The maximum atomic E-state index is 13.3. The van der Waals surface area contributed by atoms with Gasteiger partial charge in [-0.15, -0.1) is 5.10 Å². The van der Waals surface area contributed by atoms with Gasteiger partial charge in [-0.25, -0.2) is 4.99 Å². The number of ether oxygens (including phenoxy) is 1. The molecule has 1 aromatic heterocycles. The molecule has 0 spiro atoms. The molecular weight excluding hydrogens is 498 g/mol. The highest BCUT2D eigenvalue weighted by atomic mass is 16.5. The summed E-state index contributed by atoms with van der Waals surface area (Å²) in [4.78, 5) is 18.1. The first-order valence-corrected chi connectivity index (χ1v) is 13.1. The lowest BCUT2D eigenvalue weighted by atomic mass is 9.92. The molecule has 6 nitrogen and oxygen atoms in total. The predicted molar refractivity (Wildman–Crippen MR) is 159 cm³/mol. The van der Waals surface area contributed by atoms with Crippen LogP contribution in [0.25, 0.3) is 33.4 Å². The third-order valence-electron chi connectivity index (χ3n) is 7.36. The lowest BCUT2D eigenvalue weighted by Crippen LogP contribution is -2.30. The van der Waals surface area contributed by atoms with Gasteiger partial charge >= 0.3 is 0 Å². The maximum Gasteiger partial charge on any atom is 0.262 e. The molecule has 0 aliphatic carbocycles. The van der Waals surface area contributed by atoms with Crippen molar-refractivity contribution in [3.8, 4) is 28.2 Å². The van der Waals surface area contributed by atoms with Gasteiger partial charge in [0.1, 0.15) is 23.0 Å². The molecule has 1 amide bonds. The molecule has 5 aromatic rings. The number of anilines is 1. The number of rotatable bonds is 5. The maximum absolute atomic E-state index is 13.3. The molecule has 0 saturated heterocycles. The number of hydrogen-bond acceptors (Lipinski definition) is 5. The molecular formula is C34H25N3O3. The van der Waals surface area contributed by atoms with Gasteiger partial charge in [0.15, 0.2) is 5.84 Å². The highest BCUT2D eigenvalue weighted by molar-refractivity contribution is 6.26. The summed E-state index contributed by atoms with van der Waals surface area (Å²) in [6.07, 6.45) is 1.94. The Morgan fingerprint density at radius 3 is 2.17 bits per heavy atom. The standard InChI is InChI=1S/C34H25N3O3/c1-21-18-27(35-33-30(21)34(38)37(36-33)24-16-10-5-11-17-24)25-19-29-26(20-28(25)39-2)31(22-12-6-3-7-13-22)32(40-29)23-14-8-4-9-15-23/h3-20,30H,1-2H3/t30-/m1/s1. The molecule has 0 radical (unpaired) electrons. The number of benzene rings is 4. The Balaban J connectivity index is 1.39. The average molecular weight is 524 g/mol. The van der Waals surface area contributed by atoms with Crippen LogP contribution in [0.15, 0.2) is 129 Å². The van der Waals surface area contributed by atoms with E-state index >= 15 is 0 Å². The Hall–Kier alpha value is -5.23. The molecule has 0 saturated carbocycles. The topological polar surface area (TPSA) is 67.4 Å². The first kappa shape index (κ1) is 23.9. The largest absolute Gasteiger partial charge is 0.496 e. The van der Waals surface area contributed by atoms with E-state index in [1.54, 1.807) is 7.11 Å². The zero-order chi connectivity index (χ0) is 27.2. The van der Waals surface area contributed by atoms with Gasteiger partial charge in [0.2, 0.25) is 0 Å². The quantitative estimate of drug-likeness (QED) is 0.240. The second-order valence-corrected chi connectivity index (χ2v) is 9.85. The molecule has 1 atom stereocenters. The zero-order valence-corrected chi connectivity index (χ0v) is 22.0. The number of dihydropyridines is 1. The molecule has 6 heteroatoms. The molecule has 0 bridgehead atoms. The van der Waals surface area contributed by atoms with Crippen LogP contribution in [-0.4, -0.2) is 24.6 Å². The van der Waals surface area contributed by atoms with E-state index in [0.29, 0.717) is 17.3 Å². The van der Waals surface area contributed by atoms with E-state index in [4.69, 9.17) is 14.1 Å². The van der Waals surface area contributed by atoms with E-state index in [1.165, 1.54) is 5.01 Å². The molecule has 2 aliphatic rings. The van der Waals surface area contributed by atoms with Crippen molar-refractivity contribution >= 4 is 34.1 Å². The minimum absolute atomic E-state index is 0.105. The van der Waals surface area contributed by atoms with E-state index in [-0.39, 0.29) is 5.91 Å². The van der Waals surface area contributed by atoms with Crippen molar-refractivity contribution in [2.45, 2.75) is 6.92 Å². The van der Waals surface area contributed by atoms with Crippen LogP contribution in [-0.2, 0) is 4.79 Å². The monoisotopic (exact) mass is 523 g/mol. The van der Waals surface area contributed by atoms with Crippen LogP contribution in [0.2, 0.25) is 0 Å². The molecule has 40 heavy (non-hydrogen) atoms. The second-order valence-electron chi connectivity index (χ2n) is 9.85. The van der Waals surface area contributed by atoms with Crippen LogP contribution < -0.4 is 9.75 Å². The average Bonchev–Trinajstić information content (AvgIpc) is 3.55. The lowest BCUT2D eigenvalue weighted by molar-refractivity contribution is -0.119. The summed E-state index contributed by atoms with van der Waals surface area (Å²) in [7, 11) is 1.65. The summed E-state index contributed by atoms with van der Waals surface area (Å²) in [6, 6.07) is 33.7. The molecule has 2 aliphatic heterocycles. The molecule has 0 unspecified atom stereocenters. The van der Waals surface area contributed by atoms with Crippen molar-refractivity contribution in [3.63, 3.8) is 0 Å². The number of amidine groups is 1. The number of aliphatic imine (C=N–C) groups is 1. The van der Waals surface area contributed by atoms with Gasteiger partial charge in [-0.2, -0.15) is 5.01 Å². The van der Waals surface area contributed by atoms with Gasteiger partial charge < -0.3 is 9.15 Å². The number of amides is 1. The fourth-order valence-corrected chi connectivity index (χ4v) is 5.45. The van der Waals surface area contributed by atoms with Gasteiger partial charge in [-0.05, 0) is 42.8 Å². The number of hydrazone groups is 1. The highest BCUT2D eigenvalue weighted by Gasteiger charge is 2.40. The van der Waals surface area contributed by atoms with Crippen LogP contribution in [0.4, 0.5) is 5.69 Å². The van der Waals surface area contributed by atoms with Crippen molar-refractivity contribution in [2.75, 3.05) is 12.1 Å². The summed E-state index contributed by atoms with van der Waals surface area (Å²) in [5.74, 6) is 1.32. The number of fused-ring (bicyclic) bond motifs is 2. The number of methoxy groups -OCH3 is 1. The Kier molecular flexibility index (Phi) is 5.67. The highest BCUT2D eigenvalue weighted by Crippen LogP contribution is 2.43. The van der Waals surface area contributed by atoms with Crippen molar-refractivity contribution in [3.05, 3.63) is 120 Å². The van der Waals surface area contributed by atoms with E-state index < -0.39 is 5.92 Å². The van der Waals surface area contributed by atoms with Crippen LogP contribution in [0.1, 0.15) is 12.5 Å². The number of hydrogen-bond donors (Lipinski definition) is 0. The Labute approximate surface area is 231 Å². The third kappa shape index (κ3) is 3.84. The summed E-state index contributed by atoms with van der Waals surface area (Å²) >= 11 is 0.